The zero-order valence-electron chi connectivity index (χ0n) is 13.1. The molecule has 1 saturated carbocycles. The molecule has 0 atom stereocenters. The summed E-state index contributed by atoms with van der Waals surface area (Å²) in [5.41, 5.74) is 0. The molecule has 0 N–H and O–H groups in total. The smallest absolute Gasteiger partial charge is 0.245 e. The third-order valence-corrected chi connectivity index (χ3v) is 6.57. The van der Waals surface area contributed by atoms with Crippen molar-refractivity contribution in [3.05, 3.63) is 41.9 Å². The van der Waals surface area contributed by atoms with Crippen LogP contribution in [-0.2, 0) is 10.0 Å². The van der Waals surface area contributed by atoms with E-state index in [1.54, 1.807) is 0 Å². The van der Waals surface area contributed by atoms with Gasteiger partial charge >= 0.3 is 0 Å². The van der Waals surface area contributed by atoms with Crippen LogP contribution in [0.3, 0.4) is 0 Å². The Morgan fingerprint density at radius 1 is 1.00 bits per heavy atom. The first-order valence-electron chi connectivity index (χ1n) is 8.13. The molecular formula is C16H18FN3O3S. The van der Waals surface area contributed by atoms with Gasteiger partial charge in [-0.15, -0.1) is 10.2 Å². The molecule has 2 aliphatic rings. The van der Waals surface area contributed by atoms with E-state index in [1.165, 1.54) is 22.5 Å². The van der Waals surface area contributed by atoms with Crippen molar-refractivity contribution in [1.29, 1.82) is 0 Å². The lowest BCUT2D eigenvalue weighted by Crippen LogP contribution is -2.38. The van der Waals surface area contributed by atoms with Gasteiger partial charge in [-0.25, -0.2) is 12.8 Å². The van der Waals surface area contributed by atoms with Gasteiger partial charge in [-0.05, 0) is 37.8 Å². The molecule has 0 spiro atoms. The maximum Gasteiger partial charge on any atom is 0.245 e. The third kappa shape index (κ3) is 2.84. The number of aromatic nitrogens is 2. The molecule has 2 fully saturated rings. The fraction of sp³-hybridized carbons (Fsp3) is 0.500. The average Bonchev–Trinajstić information content (AvgIpc) is 3.32. The van der Waals surface area contributed by atoms with Crippen molar-refractivity contribution in [2.24, 2.45) is 0 Å². The number of halogens is 1. The molecule has 128 valence electrons. The molecule has 6 nitrogen and oxygen atoms in total. The van der Waals surface area contributed by atoms with Crippen LogP contribution in [-0.4, -0.2) is 36.0 Å². The summed E-state index contributed by atoms with van der Waals surface area (Å²) in [7, 11) is -3.80. The second kappa shape index (κ2) is 5.93. The minimum absolute atomic E-state index is 0.0667. The number of rotatable bonds is 4. The normalized spacial score (nSPS) is 20.4. The molecule has 0 bridgehead atoms. The molecule has 1 aromatic carbocycles. The van der Waals surface area contributed by atoms with Gasteiger partial charge in [0.2, 0.25) is 21.8 Å². The van der Waals surface area contributed by atoms with Crippen molar-refractivity contribution in [1.82, 2.24) is 14.5 Å². The van der Waals surface area contributed by atoms with Crippen LogP contribution < -0.4 is 0 Å². The van der Waals surface area contributed by atoms with E-state index in [4.69, 9.17) is 4.42 Å². The summed E-state index contributed by atoms with van der Waals surface area (Å²) in [6, 6.07) is 5.47. The minimum atomic E-state index is -3.80. The summed E-state index contributed by atoms with van der Waals surface area (Å²) in [6.07, 6.45) is 3.39. The van der Waals surface area contributed by atoms with Crippen LogP contribution in [0.25, 0.3) is 0 Å². The molecule has 2 heterocycles. The average molecular weight is 351 g/mol. The van der Waals surface area contributed by atoms with Crippen molar-refractivity contribution < 1.29 is 17.2 Å². The van der Waals surface area contributed by atoms with Gasteiger partial charge in [0.1, 0.15) is 10.7 Å². The summed E-state index contributed by atoms with van der Waals surface area (Å²) in [5, 5.41) is 8.20. The van der Waals surface area contributed by atoms with Gasteiger partial charge < -0.3 is 4.42 Å². The third-order valence-electron chi connectivity index (χ3n) is 4.64. The lowest BCUT2D eigenvalue weighted by Gasteiger charge is -2.29. The Morgan fingerprint density at radius 3 is 2.17 bits per heavy atom. The van der Waals surface area contributed by atoms with Gasteiger partial charge in [-0.1, -0.05) is 12.1 Å². The van der Waals surface area contributed by atoms with Crippen LogP contribution in [0.5, 0.6) is 0 Å². The summed E-state index contributed by atoms with van der Waals surface area (Å²) in [5.74, 6) is 1.06. The fourth-order valence-electron chi connectivity index (χ4n) is 3.04. The quantitative estimate of drug-likeness (QED) is 0.846. The Kier molecular flexibility index (Phi) is 3.88. The number of hydrogen-bond acceptors (Lipinski definition) is 5. The molecular weight excluding hydrogens is 333 g/mol. The highest BCUT2D eigenvalue weighted by Gasteiger charge is 2.35. The van der Waals surface area contributed by atoms with E-state index in [0.29, 0.717) is 43.6 Å². The molecule has 0 radical (unpaired) electrons. The molecule has 2 aromatic rings. The molecule has 24 heavy (non-hydrogen) atoms. The van der Waals surface area contributed by atoms with Gasteiger partial charge in [-0.2, -0.15) is 4.31 Å². The minimum Gasteiger partial charge on any atom is -0.425 e. The van der Waals surface area contributed by atoms with Gasteiger partial charge in [0.25, 0.3) is 0 Å². The second-order valence-corrected chi connectivity index (χ2v) is 8.27. The monoisotopic (exact) mass is 351 g/mol. The zero-order chi connectivity index (χ0) is 16.7. The predicted octanol–water partition coefficient (Wildman–Crippen LogP) is 2.65. The highest BCUT2D eigenvalue weighted by Crippen LogP contribution is 2.40. The highest BCUT2D eigenvalue weighted by molar-refractivity contribution is 7.89. The predicted molar refractivity (Wildman–Crippen MR) is 83.4 cm³/mol. The molecule has 1 aliphatic heterocycles. The SMILES string of the molecule is O=S(=O)(c1ccccc1F)N1CCC(c2nnc(C3CC3)o2)CC1. The molecule has 8 heteroatoms. The lowest BCUT2D eigenvalue weighted by molar-refractivity contribution is 0.285. The van der Waals surface area contributed by atoms with Crippen LogP contribution in [0.2, 0.25) is 0 Å². The van der Waals surface area contributed by atoms with E-state index in [2.05, 4.69) is 10.2 Å². The first-order chi connectivity index (χ1) is 11.6. The molecule has 4 rings (SSSR count). The Bertz CT molecular complexity index is 840. The van der Waals surface area contributed by atoms with Crippen LogP contribution in [0.1, 0.15) is 49.3 Å². The van der Waals surface area contributed by atoms with Crippen LogP contribution in [0, 0.1) is 5.82 Å². The van der Waals surface area contributed by atoms with Crippen LogP contribution >= 0.6 is 0 Å². The fourth-order valence-corrected chi connectivity index (χ4v) is 4.58. The van der Waals surface area contributed by atoms with Crippen molar-refractivity contribution >= 4 is 10.0 Å². The van der Waals surface area contributed by atoms with Crippen LogP contribution in [0.4, 0.5) is 4.39 Å². The summed E-state index contributed by atoms with van der Waals surface area (Å²) >= 11 is 0. The maximum atomic E-state index is 13.8. The largest absolute Gasteiger partial charge is 0.425 e. The van der Waals surface area contributed by atoms with E-state index >= 15 is 0 Å². The van der Waals surface area contributed by atoms with E-state index in [-0.39, 0.29) is 10.8 Å². The summed E-state index contributed by atoms with van der Waals surface area (Å²) < 4.78 is 46.1. The molecule has 1 aromatic heterocycles. The molecule has 1 saturated heterocycles. The Morgan fingerprint density at radius 2 is 1.58 bits per heavy atom. The van der Waals surface area contributed by atoms with Gasteiger partial charge in [-0.3, -0.25) is 0 Å². The number of nitrogens with zero attached hydrogens (tertiary/aromatic N) is 3. The van der Waals surface area contributed by atoms with Gasteiger partial charge in [0, 0.05) is 24.9 Å². The Balaban J connectivity index is 1.46. The second-order valence-electron chi connectivity index (χ2n) is 6.36. The number of hydrogen-bond donors (Lipinski definition) is 0. The summed E-state index contributed by atoms with van der Waals surface area (Å²) in [6.45, 7) is 0.644. The van der Waals surface area contributed by atoms with E-state index in [0.717, 1.165) is 18.9 Å². The van der Waals surface area contributed by atoms with E-state index in [1.807, 2.05) is 0 Å². The zero-order valence-corrected chi connectivity index (χ0v) is 13.9. The number of benzene rings is 1. The Hall–Kier alpha value is -1.80. The Labute approximate surface area is 139 Å². The van der Waals surface area contributed by atoms with Gasteiger partial charge in [0.15, 0.2) is 0 Å². The molecule has 0 amide bonds. The van der Waals surface area contributed by atoms with Crippen molar-refractivity contribution in [3.8, 4) is 0 Å². The van der Waals surface area contributed by atoms with Crippen molar-refractivity contribution in [2.45, 2.75) is 42.4 Å². The van der Waals surface area contributed by atoms with Crippen molar-refractivity contribution in [2.75, 3.05) is 13.1 Å². The standard InChI is InChI=1S/C16H18FN3O3S/c17-13-3-1-2-4-14(13)24(21,22)20-9-7-12(8-10-20)16-19-18-15(23-16)11-5-6-11/h1-4,11-12H,5-10H2. The highest BCUT2D eigenvalue weighted by atomic mass is 32.2. The van der Waals surface area contributed by atoms with Crippen molar-refractivity contribution in [3.63, 3.8) is 0 Å². The first-order valence-corrected chi connectivity index (χ1v) is 9.57. The lowest BCUT2D eigenvalue weighted by atomic mass is 9.98. The van der Waals surface area contributed by atoms with Gasteiger partial charge in [0.05, 0.1) is 0 Å². The number of sulfonamides is 1. The van der Waals surface area contributed by atoms with E-state index in [9.17, 15) is 12.8 Å². The van der Waals surface area contributed by atoms with Crippen LogP contribution in [0.15, 0.2) is 33.6 Å². The summed E-state index contributed by atoms with van der Waals surface area (Å²) in [4.78, 5) is -0.266. The number of piperidine rings is 1. The maximum absolute atomic E-state index is 13.8. The molecule has 1 aliphatic carbocycles. The molecule has 0 unspecified atom stereocenters. The topological polar surface area (TPSA) is 76.3 Å². The van der Waals surface area contributed by atoms with E-state index < -0.39 is 15.8 Å². The first kappa shape index (κ1) is 15.7.